The van der Waals surface area contributed by atoms with Gasteiger partial charge in [-0.1, -0.05) is 0 Å². The Bertz CT molecular complexity index is 1420. The lowest BCUT2D eigenvalue weighted by Gasteiger charge is -2.35. The highest BCUT2D eigenvalue weighted by molar-refractivity contribution is 14.1. The van der Waals surface area contributed by atoms with Crippen molar-refractivity contribution in [2.24, 2.45) is 5.73 Å². The summed E-state index contributed by atoms with van der Waals surface area (Å²) in [5.41, 5.74) is 9.28. The third kappa shape index (κ3) is 5.16. The molecule has 5 rings (SSSR count). The number of piperidine rings is 1. The summed E-state index contributed by atoms with van der Waals surface area (Å²) < 4.78 is 29.0. The molecule has 1 amide bonds. The molecule has 3 N–H and O–H groups in total. The molecule has 0 bridgehead atoms. The number of benzene rings is 1. The number of hydrogen-bond donors (Lipinski definition) is 2. The lowest BCUT2D eigenvalue weighted by molar-refractivity contribution is 0.0606. The number of nitrogens with two attached hydrogens (primary N) is 1. The van der Waals surface area contributed by atoms with Gasteiger partial charge in [-0.05, 0) is 73.4 Å². The number of amides is 1. The lowest BCUT2D eigenvalue weighted by atomic mass is 9.98. The first-order chi connectivity index (χ1) is 17.1. The lowest BCUT2D eigenvalue weighted by Crippen LogP contribution is -2.39. The molecule has 2 atom stereocenters. The van der Waals surface area contributed by atoms with Crippen molar-refractivity contribution in [1.82, 2.24) is 19.5 Å². The van der Waals surface area contributed by atoms with Gasteiger partial charge in [0.05, 0.1) is 29.2 Å². The Balaban J connectivity index is 1.49. The van der Waals surface area contributed by atoms with E-state index in [1.165, 1.54) is 0 Å². The molecule has 2 saturated heterocycles. The number of likely N-dealkylation sites (tertiary alicyclic amines) is 1. The Hall–Kier alpha value is -2.45. The van der Waals surface area contributed by atoms with Crippen molar-refractivity contribution in [3.63, 3.8) is 0 Å². The van der Waals surface area contributed by atoms with Gasteiger partial charge in [0.25, 0.3) is 5.91 Å². The molecule has 2 aliphatic rings. The summed E-state index contributed by atoms with van der Waals surface area (Å²) in [6, 6.07) is 7.04. The Morgan fingerprint density at radius 1 is 1.19 bits per heavy atom. The minimum atomic E-state index is -3.54. The number of anilines is 2. The Labute approximate surface area is 224 Å². The van der Waals surface area contributed by atoms with Crippen LogP contribution in [0.4, 0.5) is 11.5 Å². The largest absolute Gasteiger partial charge is 0.355 e. The summed E-state index contributed by atoms with van der Waals surface area (Å²) >= 11 is 2.13. The Morgan fingerprint density at radius 2 is 2.00 bits per heavy atom. The number of carbonyl (C=O) groups is 1. The quantitative estimate of drug-likeness (QED) is 0.419. The number of halogens is 1. The van der Waals surface area contributed by atoms with Gasteiger partial charge < -0.3 is 15.5 Å². The van der Waals surface area contributed by atoms with Crippen molar-refractivity contribution in [1.29, 1.82) is 0 Å². The van der Waals surface area contributed by atoms with Gasteiger partial charge in [-0.15, -0.1) is 0 Å². The van der Waals surface area contributed by atoms with E-state index in [1.807, 2.05) is 24.1 Å². The van der Waals surface area contributed by atoms with E-state index in [0.29, 0.717) is 12.1 Å². The van der Waals surface area contributed by atoms with Gasteiger partial charge in [-0.25, -0.2) is 17.9 Å². The van der Waals surface area contributed by atoms with Gasteiger partial charge >= 0.3 is 0 Å². The first kappa shape index (κ1) is 25.2. The van der Waals surface area contributed by atoms with E-state index in [1.54, 1.807) is 22.7 Å². The fourth-order valence-electron chi connectivity index (χ4n) is 5.10. The van der Waals surface area contributed by atoms with Crippen LogP contribution in [0.1, 0.15) is 53.3 Å². The van der Waals surface area contributed by atoms with E-state index >= 15 is 0 Å². The second-order valence-electron chi connectivity index (χ2n) is 9.69. The fourth-order valence-corrected chi connectivity index (χ4v) is 6.17. The molecule has 2 fully saturated rings. The monoisotopic (exact) mass is 623 g/mol. The zero-order chi connectivity index (χ0) is 25.6. The Morgan fingerprint density at radius 3 is 2.72 bits per heavy atom. The SMILES string of the molecule is Cc1cn2nc([C@@H]3CCCCN3C(=O)c3cc(I)ccc3NS(C)(=O)=O)cc2nc1N1CC[C@H](N)C1. The van der Waals surface area contributed by atoms with Crippen LogP contribution in [-0.4, -0.2) is 65.8 Å². The van der Waals surface area contributed by atoms with E-state index in [0.717, 1.165) is 71.3 Å². The molecule has 192 valence electrons. The van der Waals surface area contributed by atoms with Crippen LogP contribution in [0.15, 0.2) is 30.5 Å². The molecule has 0 unspecified atom stereocenters. The molecule has 3 aromatic rings. The minimum absolute atomic E-state index is 0.160. The number of carbonyl (C=O) groups excluding carboxylic acids is 1. The van der Waals surface area contributed by atoms with Crippen LogP contribution >= 0.6 is 22.6 Å². The highest BCUT2D eigenvalue weighted by Gasteiger charge is 2.32. The fraction of sp³-hybridized carbons (Fsp3) is 0.458. The van der Waals surface area contributed by atoms with Crippen molar-refractivity contribution in [2.75, 3.05) is 35.5 Å². The summed E-state index contributed by atoms with van der Waals surface area (Å²) in [6.07, 6.45) is 6.65. The van der Waals surface area contributed by atoms with E-state index < -0.39 is 10.0 Å². The summed E-state index contributed by atoms with van der Waals surface area (Å²) in [4.78, 5) is 22.7. The van der Waals surface area contributed by atoms with Gasteiger partial charge in [-0.2, -0.15) is 5.10 Å². The van der Waals surface area contributed by atoms with Crippen molar-refractivity contribution < 1.29 is 13.2 Å². The number of rotatable bonds is 5. The highest BCUT2D eigenvalue weighted by Crippen LogP contribution is 2.34. The van der Waals surface area contributed by atoms with Gasteiger partial charge in [-0.3, -0.25) is 9.52 Å². The third-order valence-electron chi connectivity index (χ3n) is 6.76. The second kappa shape index (κ2) is 9.78. The minimum Gasteiger partial charge on any atom is -0.355 e. The first-order valence-corrected chi connectivity index (χ1v) is 15.0. The smallest absolute Gasteiger partial charge is 0.256 e. The van der Waals surface area contributed by atoms with E-state index in [4.69, 9.17) is 15.8 Å². The molecule has 0 aliphatic carbocycles. The van der Waals surface area contributed by atoms with Gasteiger partial charge in [0.15, 0.2) is 5.65 Å². The van der Waals surface area contributed by atoms with E-state index in [2.05, 4.69) is 32.2 Å². The zero-order valence-electron chi connectivity index (χ0n) is 20.3. The predicted octanol–water partition coefficient (Wildman–Crippen LogP) is 2.92. The molecule has 1 aromatic carbocycles. The number of nitrogens with one attached hydrogen (secondary N) is 1. The van der Waals surface area contributed by atoms with Crippen LogP contribution in [0, 0.1) is 10.5 Å². The van der Waals surface area contributed by atoms with Gasteiger partial charge in [0.2, 0.25) is 10.0 Å². The molecule has 2 aromatic heterocycles. The number of fused-ring (bicyclic) bond motifs is 1. The molecule has 0 radical (unpaired) electrons. The number of aromatic nitrogens is 3. The summed E-state index contributed by atoms with van der Waals surface area (Å²) in [6.45, 7) is 4.27. The van der Waals surface area contributed by atoms with Crippen molar-refractivity contribution in [3.8, 4) is 0 Å². The maximum absolute atomic E-state index is 13.8. The number of aryl methyl sites for hydroxylation is 1. The zero-order valence-corrected chi connectivity index (χ0v) is 23.3. The van der Waals surface area contributed by atoms with E-state index in [-0.39, 0.29) is 23.7 Å². The second-order valence-corrected chi connectivity index (χ2v) is 12.7. The number of nitrogens with zero attached hydrogens (tertiary/aromatic N) is 5. The molecular weight excluding hydrogens is 593 g/mol. The first-order valence-electron chi connectivity index (χ1n) is 12.0. The molecule has 36 heavy (non-hydrogen) atoms. The highest BCUT2D eigenvalue weighted by atomic mass is 127. The average Bonchev–Trinajstić information content (AvgIpc) is 3.44. The van der Waals surface area contributed by atoms with Crippen LogP contribution in [0.2, 0.25) is 0 Å². The maximum atomic E-state index is 13.8. The van der Waals surface area contributed by atoms with Crippen molar-refractivity contribution >= 4 is 55.7 Å². The van der Waals surface area contributed by atoms with Gasteiger partial charge in [0, 0.05) is 47.1 Å². The van der Waals surface area contributed by atoms with Crippen LogP contribution in [0.3, 0.4) is 0 Å². The molecule has 12 heteroatoms. The van der Waals surface area contributed by atoms with Gasteiger partial charge in [0.1, 0.15) is 5.82 Å². The molecule has 0 saturated carbocycles. The van der Waals surface area contributed by atoms with Crippen molar-refractivity contribution in [3.05, 3.63) is 50.9 Å². The topological polar surface area (TPSA) is 126 Å². The summed E-state index contributed by atoms with van der Waals surface area (Å²) in [5.74, 6) is 0.714. The van der Waals surface area contributed by atoms with Crippen LogP contribution in [0.25, 0.3) is 5.65 Å². The molecular formula is C24H30IN7O3S. The number of sulfonamides is 1. The molecule has 4 heterocycles. The summed E-state index contributed by atoms with van der Waals surface area (Å²) in [7, 11) is -3.54. The predicted molar refractivity (Wildman–Crippen MR) is 148 cm³/mol. The molecule has 10 nitrogen and oxygen atoms in total. The number of hydrogen-bond acceptors (Lipinski definition) is 7. The summed E-state index contributed by atoms with van der Waals surface area (Å²) in [5, 5.41) is 4.81. The standard InChI is InChI=1S/C24H30IN7O3S/c1-15-13-32-22(27-23(15)30-10-8-17(26)14-30)12-20(28-32)21-5-3-4-9-31(21)24(33)18-11-16(25)6-7-19(18)29-36(2,34)35/h6-7,11-13,17,21,29H,3-5,8-10,14,26H2,1-2H3/t17-,21-/m0/s1. The Kier molecular flexibility index (Phi) is 6.85. The average molecular weight is 624 g/mol. The van der Waals surface area contributed by atoms with E-state index in [9.17, 15) is 13.2 Å². The maximum Gasteiger partial charge on any atom is 0.256 e. The van der Waals surface area contributed by atoms with Crippen LogP contribution in [-0.2, 0) is 10.0 Å². The molecule has 0 spiro atoms. The third-order valence-corrected chi connectivity index (χ3v) is 8.02. The molecule has 2 aliphatic heterocycles. The van der Waals surface area contributed by atoms with Crippen LogP contribution < -0.4 is 15.4 Å². The normalized spacial score (nSPS) is 20.8. The van der Waals surface area contributed by atoms with Crippen molar-refractivity contribution in [2.45, 2.75) is 44.7 Å². The van der Waals surface area contributed by atoms with Crippen LogP contribution in [0.5, 0.6) is 0 Å².